The van der Waals surface area contributed by atoms with Crippen molar-refractivity contribution in [3.63, 3.8) is 0 Å². The Balaban J connectivity index is 1.52. The predicted octanol–water partition coefficient (Wildman–Crippen LogP) is -0.746. The van der Waals surface area contributed by atoms with E-state index < -0.39 is 0 Å². The van der Waals surface area contributed by atoms with E-state index in [1.165, 1.54) is 9.80 Å². The van der Waals surface area contributed by atoms with E-state index in [9.17, 15) is 4.79 Å². The Morgan fingerprint density at radius 2 is 1.59 bits per heavy atom. The number of benzene rings is 1. The number of methoxy groups -OCH3 is 3. The third-order valence-electron chi connectivity index (χ3n) is 6.43. The van der Waals surface area contributed by atoms with Gasteiger partial charge >= 0.3 is 0 Å². The summed E-state index contributed by atoms with van der Waals surface area (Å²) in [4.78, 5) is 17.6. The summed E-state index contributed by atoms with van der Waals surface area (Å²) in [6.45, 7) is 9.84. The van der Waals surface area contributed by atoms with Crippen molar-refractivity contribution in [1.82, 2.24) is 4.90 Å². The lowest BCUT2D eigenvalue weighted by Crippen LogP contribution is -3.28. The number of nitrogens with zero attached hydrogens (tertiary/aromatic N) is 1. The highest BCUT2D eigenvalue weighted by atomic mass is 16.5. The summed E-state index contributed by atoms with van der Waals surface area (Å²) < 4.78 is 16.5. The molecule has 0 spiro atoms. The van der Waals surface area contributed by atoms with E-state index in [1.807, 2.05) is 6.07 Å². The predicted molar refractivity (Wildman–Crippen MR) is 111 cm³/mol. The third-order valence-corrected chi connectivity index (χ3v) is 6.43. The molecule has 7 nitrogen and oxygen atoms in total. The van der Waals surface area contributed by atoms with Crippen molar-refractivity contribution in [3.8, 4) is 17.2 Å². The number of ether oxygens (including phenoxy) is 3. The molecule has 0 bridgehead atoms. The van der Waals surface area contributed by atoms with Crippen molar-refractivity contribution in [2.24, 2.45) is 5.92 Å². The van der Waals surface area contributed by atoms with Gasteiger partial charge in [0.05, 0.1) is 26.9 Å². The number of piperazine rings is 1. The van der Waals surface area contributed by atoms with Crippen LogP contribution in [0, 0.1) is 5.92 Å². The standard InChI is InChI=1S/C22H35N3O4/c1-17-7-9-25(10-8-17)20(26)16-24-13-11-23(12-14-24)15-18-5-6-19(27-2)22(29-4)21(18)28-3/h5-6,17H,7-16H2,1-4H3/p+2. The molecule has 0 saturated carbocycles. The Kier molecular flexibility index (Phi) is 7.61. The monoisotopic (exact) mass is 407 g/mol. The number of hydrogen-bond donors (Lipinski definition) is 2. The molecule has 2 fully saturated rings. The zero-order chi connectivity index (χ0) is 20.8. The molecule has 1 aromatic carbocycles. The summed E-state index contributed by atoms with van der Waals surface area (Å²) in [5.74, 6) is 3.17. The number of amides is 1. The Morgan fingerprint density at radius 1 is 0.966 bits per heavy atom. The first-order valence-electron chi connectivity index (χ1n) is 10.8. The maximum atomic E-state index is 12.6. The van der Waals surface area contributed by atoms with Crippen molar-refractivity contribution in [1.29, 1.82) is 0 Å². The van der Waals surface area contributed by atoms with Gasteiger partial charge in [0.25, 0.3) is 5.91 Å². The first-order chi connectivity index (χ1) is 14.0. The van der Waals surface area contributed by atoms with Crippen LogP contribution in [0.25, 0.3) is 0 Å². The fourth-order valence-electron chi connectivity index (χ4n) is 4.47. The van der Waals surface area contributed by atoms with Gasteiger partial charge in [-0.15, -0.1) is 0 Å². The zero-order valence-corrected chi connectivity index (χ0v) is 18.4. The molecule has 0 radical (unpaired) electrons. The number of carbonyl (C=O) groups excluding carboxylic acids is 1. The molecule has 2 aliphatic heterocycles. The minimum atomic E-state index is 0.330. The summed E-state index contributed by atoms with van der Waals surface area (Å²) in [6, 6.07) is 4.00. The molecule has 2 N–H and O–H groups in total. The lowest BCUT2D eigenvalue weighted by atomic mass is 9.99. The maximum Gasteiger partial charge on any atom is 0.277 e. The highest BCUT2D eigenvalue weighted by molar-refractivity contribution is 5.77. The molecule has 1 aromatic rings. The van der Waals surface area contributed by atoms with Gasteiger partial charge in [0.2, 0.25) is 5.75 Å². The van der Waals surface area contributed by atoms with E-state index in [2.05, 4.69) is 17.9 Å². The molecule has 0 atom stereocenters. The van der Waals surface area contributed by atoms with Crippen molar-refractivity contribution < 1.29 is 28.8 Å². The molecule has 2 saturated heterocycles. The lowest BCUT2D eigenvalue weighted by molar-refractivity contribution is -1.02. The van der Waals surface area contributed by atoms with Crippen molar-refractivity contribution in [2.45, 2.75) is 26.3 Å². The normalized spacial score (nSPS) is 23.0. The number of piperidine rings is 1. The maximum absolute atomic E-state index is 12.6. The Labute approximate surface area is 174 Å². The van der Waals surface area contributed by atoms with Crippen LogP contribution < -0.4 is 24.0 Å². The van der Waals surface area contributed by atoms with Crippen LogP contribution in [0.3, 0.4) is 0 Å². The number of likely N-dealkylation sites (tertiary alicyclic amines) is 1. The summed E-state index contributed by atoms with van der Waals surface area (Å²) in [6.07, 6.45) is 2.29. The average Bonchev–Trinajstić information content (AvgIpc) is 2.75. The Bertz CT molecular complexity index is 681. The molecule has 0 aromatic heterocycles. The van der Waals surface area contributed by atoms with Gasteiger partial charge in [-0.05, 0) is 30.9 Å². The van der Waals surface area contributed by atoms with E-state index in [0.717, 1.165) is 75.9 Å². The lowest BCUT2D eigenvalue weighted by Gasteiger charge is -2.33. The molecule has 29 heavy (non-hydrogen) atoms. The third kappa shape index (κ3) is 5.34. The minimum Gasteiger partial charge on any atom is -0.493 e. The van der Waals surface area contributed by atoms with Crippen LogP contribution in [0.4, 0.5) is 0 Å². The molecule has 162 valence electrons. The van der Waals surface area contributed by atoms with Gasteiger partial charge in [0, 0.05) is 13.1 Å². The summed E-state index contributed by atoms with van der Waals surface area (Å²) in [5, 5.41) is 0. The first-order valence-corrected chi connectivity index (χ1v) is 10.8. The average molecular weight is 408 g/mol. The molecule has 0 aliphatic carbocycles. The van der Waals surface area contributed by atoms with Crippen LogP contribution in [-0.2, 0) is 11.3 Å². The van der Waals surface area contributed by atoms with Gasteiger partial charge in [-0.25, -0.2) is 0 Å². The summed E-state index contributed by atoms with van der Waals surface area (Å²) in [5.41, 5.74) is 1.13. The van der Waals surface area contributed by atoms with Gasteiger partial charge in [-0.2, -0.15) is 0 Å². The molecule has 7 heteroatoms. The molecular formula is C22H37N3O4+2. The SMILES string of the molecule is COc1ccc(C[NH+]2CC[NH+](CC(=O)N3CCC(C)CC3)CC2)c(OC)c1OC. The fraction of sp³-hybridized carbons (Fsp3) is 0.682. The number of rotatable bonds is 7. The number of nitrogens with one attached hydrogen (secondary N) is 2. The Hall–Kier alpha value is -1.99. The van der Waals surface area contributed by atoms with E-state index in [1.54, 1.807) is 21.3 Å². The second-order valence-electron chi connectivity index (χ2n) is 8.41. The van der Waals surface area contributed by atoms with E-state index >= 15 is 0 Å². The van der Waals surface area contributed by atoms with Crippen LogP contribution >= 0.6 is 0 Å². The van der Waals surface area contributed by atoms with Crippen molar-refractivity contribution >= 4 is 5.91 Å². The van der Waals surface area contributed by atoms with Crippen LogP contribution in [0.15, 0.2) is 12.1 Å². The number of quaternary nitrogens is 2. The highest BCUT2D eigenvalue weighted by Gasteiger charge is 2.29. The number of carbonyl (C=O) groups is 1. The van der Waals surface area contributed by atoms with Crippen molar-refractivity contribution in [2.75, 3.05) is 67.1 Å². The second kappa shape index (κ2) is 10.2. The van der Waals surface area contributed by atoms with Gasteiger partial charge in [0.15, 0.2) is 18.0 Å². The quantitative estimate of drug-likeness (QED) is 0.625. The molecule has 3 rings (SSSR count). The van der Waals surface area contributed by atoms with E-state index in [0.29, 0.717) is 24.0 Å². The number of hydrogen-bond acceptors (Lipinski definition) is 4. The van der Waals surface area contributed by atoms with Gasteiger partial charge in [-0.1, -0.05) is 6.92 Å². The first kappa shape index (κ1) is 21.7. The minimum absolute atomic E-state index is 0.330. The van der Waals surface area contributed by atoms with E-state index in [-0.39, 0.29) is 0 Å². The molecular weight excluding hydrogens is 370 g/mol. The van der Waals surface area contributed by atoms with Crippen molar-refractivity contribution in [3.05, 3.63) is 17.7 Å². The van der Waals surface area contributed by atoms with Gasteiger partial charge in [-0.3, -0.25) is 4.79 Å². The van der Waals surface area contributed by atoms with E-state index in [4.69, 9.17) is 14.2 Å². The van der Waals surface area contributed by atoms with Gasteiger partial charge in [0.1, 0.15) is 32.7 Å². The molecule has 1 amide bonds. The topological polar surface area (TPSA) is 56.9 Å². The summed E-state index contributed by atoms with van der Waals surface area (Å²) >= 11 is 0. The highest BCUT2D eigenvalue weighted by Crippen LogP contribution is 2.39. The molecule has 2 aliphatic rings. The van der Waals surface area contributed by atoms with Crippen LogP contribution in [0.2, 0.25) is 0 Å². The summed E-state index contributed by atoms with van der Waals surface area (Å²) in [7, 11) is 4.94. The largest absolute Gasteiger partial charge is 0.493 e. The molecule has 2 heterocycles. The smallest absolute Gasteiger partial charge is 0.277 e. The van der Waals surface area contributed by atoms with Crippen LogP contribution in [0.5, 0.6) is 17.2 Å². The van der Waals surface area contributed by atoms with Crippen LogP contribution in [-0.4, -0.2) is 77.9 Å². The molecule has 0 unspecified atom stereocenters. The van der Waals surface area contributed by atoms with Gasteiger partial charge < -0.3 is 28.9 Å². The Morgan fingerprint density at radius 3 is 2.17 bits per heavy atom. The second-order valence-corrected chi connectivity index (χ2v) is 8.41. The fourth-order valence-corrected chi connectivity index (χ4v) is 4.47. The zero-order valence-electron chi connectivity index (χ0n) is 18.4. The van der Waals surface area contributed by atoms with Crippen LogP contribution in [0.1, 0.15) is 25.3 Å².